The average Bonchev–Trinajstić information content (AvgIpc) is 2.49. The van der Waals surface area contributed by atoms with Gasteiger partial charge < -0.3 is 15.1 Å². The van der Waals surface area contributed by atoms with Gasteiger partial charge >= 0.3 is 11.9 Å². The molecule has 1 rings (SSSR count). The molecule has 2 atom stereocenters. The highest BCUT2D eigenvalue weighted by molar-refractivity contribution is 5.79. The summed E-state index contributed by atoms with van der Waals surface area (Å²) >= 11 is 0. The summed E-state index contributed by atoms with van der Waals surface area (Å²) in [7, 11) is 0. The molecule has 0 radical (unpaired) electrons. The number of ether oxygens (including phenoxy) is 1. The lowest BCUT2D eigenvalue weighted by atomic mass is 9.80. The normalized spacial score (nSPS) is 22.9. The zero-order chi connectivity index (χ0) is 20.1. The van der Waals surface area contributed by atoms with Crippen molar-refractivity contribution >= 4 is 11.9 Å². The second-order valence-corrected chi connectivity index (χ2v) is 8.91. The lowest BCUT2D eigenvalue weighted by Gasteiger charge is -2.51. The van der Waals surface area contributed by atoms with Gasteiger partial charge in [0.15, 0.2) is 0 Å². The summed E-state index contributed by atoms with van der Waals surface area (Å²) in [5, 5.41) is 20.3. The fourth-order valence-electron chi connectivity index (χ4n) is 3.75. The Balaban J connectivity index is 2.46. The van der Waals surface area contributed by atoms with Gasteiger partial charge in [-0.1, -0.05) is 26.3 Å². The second-order valence-electron chi connectivity index (χ2n) is 8.91. The van der Waals surface area contributed by atoms with Crippen molar-refractivity contribution in [3.8, 4) is 0 Å². The Kier molecular flexibility index (Phi) is 7.84. The number of esters is 1. The number of rotatable bonds is 8. The van der Waals surface area contributed by atoms with Crippen molar-refractivity contribution in [1.82, 2.24) is 5.06 Å². The fraction of sp³-hybridized carbons (Fsp3) is 0.800. The van der Waals surface area contributed by atoms with E-state index in [1.165, 1.54) is 11.1 Å². The number of carbonyl (C=O) groups is 2. The van der Waals surface area contributed by atoms with Gasteiger partial charge in [-0.3, -0.25) is 4.79 Å². The van der Waals surface area contributed by atoms with Crippen LogP contribution in [0.15, 0.2) is 12.2 Å². The zero-order valence-corrected chi connectivity index (χ0v) is 17.0. The molecule has 6 nitrogen and oxygen atoms in total. The molecule has 150 valence electrons. The Morgan fingerprint density at radius 3 is 2.19 bits per heavy atom. The summed E-state index contributed by atoms with van der Waals surface area (Å²) in [6, 6.07) is 0. The highest BCUT2D eigenvalue weighted by Crippen LogP contribution is 2.38. The predicted octanol–water partition coefficient (Wildman–Crippen LogP) is 4.02. The van der Waals surface area contributed by atoms with Crippen LogP contribution in [0.2, 0.25) is 0 Å². The zero-order valence-electron chi connectivity index (χ0n) is 17.0. The molecule has 0 aromatic heterocycles. The van der Waals surface area contributed by atoms with Crippen LogP contribution in [0.5, 0.6) is 0 Å². The molecular formula is C20H35NO5. The lowest BCUT2D eigenvalue weighted by molar-refractivity contribution is -0.260. The van der Waals surface area contributed by atoms with E-state index in [2.05, 4.69) is 0 Å². The number of carboxylic acids is 1. The third-order valence-corrected chi connectivity index (χ3v) is 5.15. The first-order valence-electron chi connectivity index (χ1n) is 9.46. The van der Waals surface area contributed by atoms with E-state index in [0.29, 0.717) is 12.8 Å². The van der Waals surface area contributed by atoms with Crippen LogP contribution in [0.3, 0.4) is 0 Å². The number of piperidine rings is 1. The first-order chi connectivity index (χ1) is 11.8. The Morgan fingerprint density at radius 2 is 1.69 bits per heavy atom. The van der Waals surface area contributed by atoms with Crippen molar-refractivity contribution in [3.63, 3.8) is 0 Å². The van der Waals surface area contributed by atoms with Crippen LogP contribution in [0.1, 0.15) is 73.6 Å². The van der Waals surface area contributed by atoms with Gasteiger partial charge in [0.25, 0.3) is 0 Å². The number of hydrogen-bond acceptors (Lipinski definition) is 5. The maximum absolute atomic E-state index is 12.4. The minimum absolute atomic E-state index is 0.171. The molecule has 0 aliphatic carbocycles. The van der Waals surface area contributed by atoms with Gasteiger partial charge in [-0.05, 0) is 46.5 Å². The Hall–Kier alpha value is -1.40. The van der Waals surface area contributed by atoms with Gasteiger partial charge in [-0.2, -0.15) is 5.06 Å². The largest absolute Gasteiger partial charge is 0.478 e. The van der Waals surface area contributed by atoms with Crippen LogP contribution in [-0.4, -0.2) is 44.5 Å². The van der Waals surface area contributed by atoms with Gasteiger partial charge in [-0.25, -0.2) is 4.79 Å². The Labute approximate surface area is 157 Å². The van der Waals surface area contributed by atoms with Crippen LogP contribution >= 0.6 is 0 Å². The highest BCUT2D eigenvalue weighted by atomic mass is 16.5. The van der Waals surface area contributed by atoms with Crippen molar-refractivity contribution in [2.45, 2.75) is 90.8 Å². The number of aliphatic carboxylic acids is 1. The van der Waals surface area contributed by atoms with Gasteiger partial charge in [0.1, 0.15) is 6.10 Å². The molecule has 1 saturated heterocycles. The van der Waals surface area contributed by atoms with Crippen molar-refractivity contribution in [2.24, 2.45) is 11.8 Å². The first-order valence-corrected chi connectivity index (χ1v) is 9.46. The molecule has 0 bridgehead atoms. The van der Waals surface area contributed by atoms with Gasteiger partial charge in [0.2, 0.25) is 0 Å². The lowest BCUT2D eigenvalue weighted by Crippen LogP contribution is -2.60. The summed E-state index contributed by atoms with van der Waals surface area (Å²) in [4.78, 5) is 22.9. The summed E-state index contributed by atoms with van der Waals surface area (Å²) in [5.41, 5.74) is -0.885. The van der Waals surface area contributed by atoms with E-state index < -0.39 is 17.0 Å². The number of allylic oxidation sites excluding steroid dienone is 1. The number of nitrogens with zero attached hydrogens (tertiary/aromatic N) is 1. The molecule has 2 N–H and O–H groups in total. The monoisotopic (exact) mass is 369 g/mol. The van der Waals surface area contributed by atoms with E-state index in [-0.39, 0.29) is 23.9 Å². The predicted molar refractivity (Wildman–Crippen MR) is 99.9 cm³/mol. The first kappa shape index (κ1) is 22.6. The quantitative estimate of drug-likeness (QED) is 0.496. The maximum atomic E-state index is 12.4. The Bertz CT molecular complexity index is 508. The molecule has 1 heterocycles. The van der Waals surface area contributed by atoms with Crippen LogP contribution in [0.25, 0.3) is 0 Å². The molecule has 0 amide bonds. The Morgan fingerprint density at radius 1 is 1.15 bits per heavy atom. The van der Waals surface area contributed by atoms with Gasteiger partial charge in [0.05, 0.1) is 5.92 Å². The van der Waals surface area contributed by atoms with Crippen molar-refractivity contribution in [3.05, 3.63) is 12.2 Å². The topological polar surface area (TPSA) is 87.1 Å². The smallest absolute Gasteiger partial charge is 0.327 e. The molecule has 1 aliphatic heterocycles. The molecule has 6 heteroatoms. The number of carboxylic acid groups (broad SMARTS) is 1. The number of hydroxylamine groups is 2. The van der Waals surface area contributed by atoms with E-state index >= 15 is 0 Å². The number of hydrogen-bond donors (Lipinski definition) is 2. The van der Waals surface area contributed by atoms with Crippen LogP contribution < -0.4 is 0 Å². The van der Waals surface area contributed by atoms with Crippen molar-refractivity contribution < 1.29 is 24.6 Å². The van der Waals surface area contributed by atoms with E-state index in [4.69, 9.17) is 9.84 Å². The van der Waals surface area contributed by atoms with E-state index in [1.807, 2.05) is 41.5 Å². The highest BCUT2D eigenvalue weighted by Gasteiger charge is 2.46. The summed E-state index contributed by atoms with van der Waals surface area (Å²) < 4.78 is 5.74. The molecule has 2 unspecified atom stereocenters. The van der Waals surface area contributed by atoms with Crippen LogP contribution in [0, 0.1) is 11.8 Å². The van der Waals surface area contributed by atoms with Crippen LogP contribution in [0.4, 0.5) is 0 Å². The minimum Gasteiger partial charge on any atom is -0.478 e. The summed E-state index contributed by atoms with van der Waals surface area (Å²) in [6.07, 6.45) is 6.24. The van der Waals surface area contributed by atoms with E-state index in [9.17, 15) is 14.8 Å². The minimum atomic E-state index is -0.937. The standard InChI is InChI=1S/C20H35NO5/c1-14(10-11-17(22)23)8-7-9-15(2)18(24)26-16-12-19(3,4)21(25)20(5,6)13-16/h10-11,14-16,25H,7-9,12-13H2,1-6H3,(H,22,23)/b11-10+. The van der Waals surface area contributed by atoms with Gasteiger partial charge in [-0.15, -0.1) is 0 Å². The van der Waals surface area contributed by atoms with Crippen molar-refractivity contribution in [1.29, 1.82) is 0 Å². The molecule has 0 aromatic carbocycles. The molecule has 1 fully saturated rings. The fourth-order valence-corrected chi connectivity index (χ4v) is 3.75. The SMILES string of the molecule is CC(/C=C/C(=O)O)CCCC(C)C(=O)OC1CC(C)(C)N(O)C(C)(C)C1. The number of carbonyl (C=O) groups excluding carboxylic acids is 1. The molecular weight excluding hydrogens is 334 g/mol. The molecule has 26 heavy (non-hydrogen) atoms. The van der Waals surface area contributed by atoms with Crippen LogP contribution in [-0.2, 0) is 14.3 Å². The summed E-state index contributed by atoms with van der Waals surface area (Å²) in [6.45, 7) is 11.6. The third-order valence-electron chi connectivity index (χ3n) is 5.15. The molecule has 0 aromatic rings. The van der Waals surface area contributed by atoms with Crippen molar-refractivity contribution in [2.75, 3.05) is 0 Å². The average molecular weight is 370 g/mol. The molecule has 0 spiro atoms. The van der Waals surface area contributed by atoms with Gasteiger partial charge in [0, 0.05) is 30.0 Å². The molecule has 1 aliphatic rings. The summed E-state index contributed by atoms with van der Waals surface area (Å²) in [5.74, 6) is -1.15. The maximum Gasteiger partial charge on any atom is 0.327 e. The van der Waals surface area contributed by atoms with E-state index in [0.717, 1.165) is 19.3 Å². The second kappa shape index (κ2) is 9.00. The third kappa shape index (κ3) is 6.72. The van der Waals surface area contributed by atoms with E-state index in [1.54, 1.807) is 6.08 Å². The molecule has 0 saturated carbocycles.